The van der Waals surface area contributed by atoms with Crippen molar-refractivity contribution in [2.45, 2.75) is 92.3 Å². The van der Waals surface area contributed by atoms with E-state index >= 15 is 0 Å². The van der Waals surface area contributed by atoms with Gasteiger partial charge >= 0.3 is 0 Å². The van der Waals surface area contributed by atoms with Crippen LogP contribution in [0.15, 0.2) is 0 Å². The molecule has 0 aromatic heterocycles. The molecule has 0 amide bonds. The summed E-state index contributed by atoms with van der Waals surface area (Å²) in [4.78, 5) is 10.2. The van der Waals surface area contributed by atoms with Gasteiger partial charge in [-0.15, -0.1) is 0 Å². The molecule has 0 radical (unpaired) electrons. The van der Waals surface area contributed by atoms with Crippen molar-refractivity contribution in [3.8, 4) is 0 Å². The second kappa shape index (κ2) is 13.5. The molecule has 0 aromatic carbocycles. The Kier molecular flexibility index (Phi) is 11.9. The number of likely N-dealkylation sites (N-methyl/N-ethyl adjacent to an activating group) is 2. The number of aliphatic hydroxyl groups is 2. The summed E-state index contributed by atoms with van der Waals surface area (Å²) in [7, 11) is 0. The van der Waals surface area contributed by atoms with Crippen LogP contribution < -0.4 is 0 Å². The molecule has 2 unspecified atom stereocenters. The van der Waals surface area contributed by atoms with Gasteiger partial charge in [-0.2, -0.15) is 0 Å². The minimum Gasteiger partial charge on any atom is -0.393 e. The summed E-state index contributed by atoms with van der Waals surface area (Å²) in [5.74, 6) is 0. The number of rotatable bonds is 15. The summed E-state index contributed by atoms with van der Waals surface area (Å²) in [6.07, 6.45) is 3.51. The van der Waals surface area contributed by atoms with E-state index in [0.717, 1.165) is 72.3 Å². The Morgan fingerprint density at radius 3 is 1.28 bits per heavy atom. The highest BCUT2D eigenvalue weighted by atomic mass is 32.1. The van der Waals surface area contributed by atoms with Crippen LogP contribution in [0.3, 0.4) is 0 Å². The first kappa shape index (κ1) is 31.7. The third kappa shape index (κ3) is 9.05. The fourth-order valence-corrected chi connectivity index (χ4v) is 6.26. The van der Waals surface area contributed by atoms with E-state index < -0.39 is 12.2 Å². The molecule has 0 bridgehead atoms. The molecule has 2 fully saturated rings. The van der Waals surface area contributed by atoms with Gasteiger partial charge in [-0.3, -0.25) is 0 Å². The fourth-order valence-electron chi connectivity index (χ4n) is 4.80. The largest absolute Gasteiger partial charge is 0.393 e. The van der Waals surface area contributed by atoms with Crippen molar-refractivity contribution in [3.63, 3.8) is 0 Å². The molecule has 2 atom stereocenters. The average Bonchev–Trinajstić information content (AvgIpc) is 3.23. The molecule has 36 heavy (non-hydrogen) atoms. The standard InChI is InChI=1S/C26H46N4O2S4/c1-7-27-15-21(33)29(23(27)35)17-25(3,4)13-11-19(31)9-10-20(32)12-14-26(5,6)18-30-22(34)16-28(8-2)24(30)36/h19-20,31-32H,7-18H2,1-6H3. The van der Waals surface area contributed by atoms with E-state index in [1.165, 1.54) is 0 Å². The number of hydrogen-bond donors (Lipinski definition) is 2. The van der Waals surface area contributed by atoms with Gasteiger partial charge in [0, 0.05) is 26.2 Å². The van der Waals surface area contributed by atoms with E-state index in [1.807, 2.05) is 0 Å². The van der Waals surface area contributed by atoms with E-state index in [0.29, 0.717) is 25.7 Å². The van der Waals surface area contributed by atoms with Crippen molar-refractivity contribution in [1.29, 1.82) is 0 Å². The lowest BCUT2D eigenvalue weighted by Crippen LogP contribution is -2.39. The van der Waals surface area contributed by atoms with Gasteiger partial charge in [-0.1, -0.05) is 52.1 Å². The molecule has 2 saturated heterocycles. The zero-order valence-electron chi connectivity index (χ0n) is 23.0. The molecule has 2 aliphatic heterocycles. The number of aliphatic hydroxyl groups excluding tert-OH is 2. The van der Waals surface area contributed by atoms with Crippen LogP contribution in [0, 0.1) is 10.8 Å². The molecule has 10 heteroatoms. The van der Waals surface area contributed by atoms with E-state index in [-0.39, 0.29) is 10.8 Å². The summed E-state index contributed by atoms with van der Waals surface area (Å²) in [6, 6.07) is 0. The van der Waals surface area contributed by atoms with Gasteiger partial charge in [-0.25, -0.2) is 0 Å². The Morgan fingerprint density at radius 1 is 0.667 bits per heavy atom. The van der Waals surface area contributed by atoms with Crippen LogP contribution in [0.1, 0.15) is 80.1 Å². The molecular weight excluding hydrogens is 529 g/mol. The van der Waals surface area contributed by atoms with Gasteiger partial charge in [-0.05, 0) is 87.6 Å². The average molecular weight is 575 g/mol. The lowest BCUT2D eigenvalue weighted by Gasteiger charge is -2.32. The van der Waals surface area contributed by atoms with Gasteiger partial charge in [0.25, 0.3) is 0 Å². The Balaban J connectivity index is 1.71. The first-order valence-electron chi connectivity index (χ1n) is 13.2. The summed E-state index contributed by atoms with van der Waals surface area (Å²) in [5, 5.41) is 22.8. The number of nitrogens with zero attached hydrogens (tertiary/aromatic N) is 4. The zero-order chi connectivity index (χ0) is 27.3. The predicted molar refractivity (Wildman–Crippen MR) is 166 cm³/mol. The van der Waals surface area contributed by atoms with E-state index in [4.69, 9.17) is 48.9 Å². The summed E-state index contributed by atoms with van der Waals surface area (Å²) < 4.78 is 0. The van der Waals surface area contributed by atoms with Gasteiger partial charge < -0.3 is 29.8 Å². The van der Waals surface area contributed by atoms with Gasteiger partial charge in [0.05, 0.1) is 25.3 Å². The quantitative estimate of drug-likeness (QED) is 0.272. The van der Waals surface area contributed by atoms with Crippen molar-refractivity contribution >= 4 is 69.1 Å². The molecule has 0 aliphatic carbocycles. The SMILES string of the molecule is CCN1CC(=S)N(CC(C)(C)CCC(O)CCC(O)CCC(C)(C)CN2C(=S)CN(CC)C2=S)C1=S. The molecule has 2 aliphatic rings. The highest BCUT2D eigenvalue weighted by Crippen LogP contribution is 2.30. The van der Waals surface area contributed by atoms with Crippen LogP contribution in [-0.4, -0.2) is 101 Å². The Bertz CT molecular complexity index is 754. The van der Waals surface area contributed by atoms with E-state index in [1.54, 1.807) is 0 Å². The van der Waals surface area contributed by atoms with Crippen LogP contribution in [0.2, 0.25) is 0 Å². The van der Waals surface area contributed by atoms with Crippen LogP contribution in [-0.2, 0) is 0 Å². The molecule has 206 valence electrons. The Morgan fingerprint density at radius 2 is 1.00 bits per heavy atom. The van der Waals surface area contributed by atoms with Crippen molar-refractivity contribution in [2.75, 3.05) is 39.3 Å². The molecule has 2 heterocycles. The second-order valence-corrected chi connectivity index (χ2v) is 13.5. The molecule has 0 saturated carbocycles. The van der Waals surface area contributed by atoms with Gasteiger partial charge in [0.15, 0.2) is 10.2 Å². The molecule has 0 spiro atoms. The van der Waals surface area contributed by atoms with E-state index in [2.05, 4.69) is 61.1 Å². The molecular formula is C26H46N4O2S4. The third-order valence-corrected chi connectivity index (χ3v) is 8.99. The fraction of sp³-hybridized carbons (Fsp3) is 0.846. The number of thiocarbonyl (C=S) groups is 4. The summed E-state index contributed by atoms with van der Waals surface area (Å²) in [6.45, 7) is 17.7. The molecule has 6 nitrogen and oxygen atoms in total. The van der Waals surface area contributed by atoms with Crippen LogP contribution in [0.25, 0.3) is 0 Å². The van der Waals surface area contributed by atoms with E-state index in [9.17, 15) is 10.2 Å². The minimum absolute atomic E-state index is 0.0222. The smallest absolute Gasteiger partial charge is 0.176 e. The highest BCUT2D eigenvalue weighted by Gasteiger charge is 2.34. The predicted octanol–water partition coefficient (Wildman–Crippen LogP) is 4.60. The third-order valence-electron chi connectivity index (χ3n) is 7.33. The molecule has 2 N–H and O–H groups in total. The van der Waals surface area contributed by atoms with Crippen molar-refractivity contribution in [2.24, 2.45) is 10.8 Å². The molecule has 2 rings (SSSR count). The monoisotopic (exact) mass is 574 g/mol. The molecule has 0 aromatic rings. The van der Waals surface area contributed by atoms with Gasteiger partial charge in [0.1, 0.15) is 9.98 Å². The minimum atomic E-state index is -0.420. The van der Waals surface area contributed by atoms with Crippen LogP contribution in [0.4, 0.5) is 0 Å². The Labute approximate surface area is 240 Å². The highest BCUT2D eigenvalue weighted by molar-refractivity contribution is 7.82. The topological polar surface area (TPSA) is 53.4 Å². The maximum absolute atomic E-state index is 10.6. The number of hydrogen-bond acceptors (Lipinski definition) is 6. The maximum Gasteiger partial charge on any atom is 0.176 e. The normalized spacial score (nSPS) is 19.2. The lowest BCUT2D eigenvalue weighted by molar-refractivity contribution is 0.0863. The first-order valence-corrected chi connectivity index (χ1v) is 14.9. The lowest BCUT2D eigenvalue weighted by atomic mass is 9.84. The van der Waals surface area contributed by atoms with Crippen LogP contribution >= 0.6 is 48.9 Å². The first-order chi connectivity index (χ1) is 16.7. The summed E-state index contributed by atoms with van der Waals surface area (Å²) in [5.41, 5.74) is -0.0445. The van der Waals surface area contributed by atoms with Crippen molar-refractivity contribution < 1.29 is 10.2 Å². The van der Waals surface area contributed by atoms with Crippen molar-refractivity contribution in [3.05, 3.63) is 0 Å². The van der Waals surface area contributed by atoms with Crippen LogP contribution in [0.5, 0.6) is 0 Å². The second-order valence-electron chi connectivity index (χ2n) is 11.8. The zero-order valence-corrected chi connectivity index (χ0v) is 26.2. The van der Waals surface area contributed by atoms with Crippen molar-refractivity contribution in [1.82, 2.24) is 19.6 Å². The maximum atomic E-state index is 10.6. The van der Waals surface area contributed by atoms with Gasteiger partial charge in [0.2, 0.25) is 0 Å². The Hall–Kier alpha value is -0.520. The summed E-state index contributed by atoms with van der Waals surface area (Å²) >= 11 is 22.3.